The second kappa shape index (κ2) is 4.26. The Morgan fingerprint density at radius 1 is 0.667 bits per heavy atom. The Morgan fingerprint density at radius 2 is 1.14 bits per heavy atom. The minimum Gasteiger partial charge on any atom is -0.323 e. The lowest BCUT2D eigenvalue weighted by atomic mass is 10.3. The van der Waals surface area contributed by atoms with Crippen LogP contribution in [-0.4, -0.2) is 4.98 Å². The van der Waals surface area contributed by atoms with E-state index < -0.39 is 0 Å². The third-order valence-electron chi connectivity index (χ3n) is 3.49. The van der Waals surface area contributed by atoms with Crippen molar-refractivity contribution in [1.82, 2.24) is 4.98 Å². The maximum absolute atomic E-state index is 4.73. The molecule has 0 atom stereocenters. The number of benzene rings is 2. The fraction of sp³-hybridized carbons (Fsp3) is 0. The fourth-order valence-corrected chi connectivity index (χ4v) is 4.71. The number of fused-ring (bicyclic) bond motifs is 5. The van der Waals surface area contributed by atoms with E-state index in [0.29, 0.717) is 0 Å². The molecule has 3 aromatic rings. The molecule has 1 N–H and O–H groups in total. The molecule has 2 aliphatic heterocycles. The summed E-state index contributed by atoms with van der Waals surface area (Å²) in [6.07, 6.45) is 0. The van der Waals surface area contributed by atoms with Crippen molar-refractivity contribution in [3.63, 3.8) is 0 Å². The molecule has 3 nitrogen and oxygen atoms in total. The Bertz CT molecular complexity index is 925. The summed E-state index contributed by atoms with van der Waals surface area (Å²) in [6, 6.07) is 16.5. The lowest BCUT2D eigenvalue weighted by molar-refractivity contribution is 1.06. The molecule has 0 saturated carbocycles. The first-order valence-electron chi connectivity index (χ1n) is 6.62. The van der Waals surface area contributed by atoms with E-state index in [1.54, 1.807) is 23.5 Å². The molecule has 0 aliphatic carbocycles. The smallest absolute Gasteiger partial charge is 0.147 e. The van der Waals surface area contributed by atoms with Crippen molar-refractivity contribution in [3.8, 4) is 0 Å². The van der Waals surface area contributed by atoms with Crippen molar-refractivity contribution in [1.29, 1.82) is 0 Å². The zero-order valence-electron chi connectivity index (χ0n) is 10.8. The average molecular weight is 307 g/mol. The third-order valence-corrected chi connectivity index (χ3v) is 5.95. The molecule has 2 aliphatic rings. The molecule has 0 bridgehead atoms. The second-order valence-electron chi connectivity index (χ2n) is 4.84. The molecule has 1 aromatic heterocycles. The lowest BCUT2D eigenvalue weighted by Gasteiger charge is -2.12. The summed E-state index contributed by atoms with van der Waals surface area (Å²) in [5.41, 5.74) is 3.90. The van der Waals surface area contributed by atoms with Crippen LogP contribution < -0.4 is 11.0 Å². The molecule has 0 unspecified atom stereocenters. The quantitative estimate of drug-likeness (QED) is 0.472. The number of para-hydroxylation sites is 2. The van der Waals surface area contributed by atoms with Crippen molar-refractivity contribution in [2.24, 2.45) is 9.98 Å². The highest BCUT2D eigenvalue weighted by atomic mass is 32.2. The minimum atomic E-state index is 0.924. The van der Waals surface area contributed by atoms with E-state index in [1.165, 1.54) is 19.6 Å². The van der Waals surface area contributed by atoms with Crippen LogP contribution in [0.2, 0.25) is 0 Å². The van der Waals surface area contributed by atoms with Gasteiger partial charge in [-0.2, -0.15) is 0 Å². The van der Waals surface area contributed by atoms with E-state index in [4.69, 9.17) is 9.98 Å². The SMILES string of the molecule is c1ccc2c(c1)N=c1[nH]c3c(c1S2)Sc1ccccc1N=3. The van der Waals surface area contributed by atoms with Crippen LogP contribution in [0, 0.1) is 0 Å². The van der Waals surface area contributed by atoms with Crippen molar-refractivity contribution in [2.45, 2.75) is 19.6 Å². The van der Waals surface area contributed by atoms with Gasteiger partial charge in [0.15, 0.2) is 0 Å². The van der Waals surface area contributed by atoms with Gasteiger partial charge >= 0.3 is 0 Å². The Hall–Kier alpha value is -1.98. The van der Waals surface area contributed by atoms with Crippen LogP contribution in [0.4, 0.5) is 11.4 Å². The van der Waals surface area contributed by atoms with Gasteiger partial charge in [0.25, 0.3) is 0 Å². The molecule has 21 heavy (non-hydrogen) atoms. The van der Waals surface area contributed by atoms with Gasteiger partial charge < -0.3 is 4.98 Å². The summed E-state index contributed by atoms with van der Waals surface area (Å²) in [6.45, 7) is 0. The first-order valence-corrected chi connectivity index (χ1v) is 8.25. The van der Waals surface area contributed by atoms with Crippen molar-refractivity contribution in [2.75, 3.05) is 0 Å². The summed E-state index contributed by atoms with van der Waals surface area (Å²) < 4.78 is 0. The van der Waals surface area contributed by atoms with E-state index in [2.05, 4.69) is 29.2 Å². The van der Waals surface area contributed by atoms with Crippen LogP contribution in [0.5, 0.6) is 0 Å². The summed E-state index contributed by atoms with van der Waals surface area (Å²) in [4.78, 5) is 17.6. The van der Waals surface area contributed by atoms with Crippen molar-refractivity contribution < 1.29 is 0 Å². The van der Waals surface area contributed by atoms with Gasteiger partial charge in [0.2, 0.25) is 0 Å². The van der Waals surface area contributed by atoms with Gasteiger partial charge in [0.05, 0.1) is 21.2 Å². The maximum atomic E-state index is 4.73. The maximum Gasteiger partial charge on any atom is 0.147 e. The first kappa shape index (κ1) is 11.7. The molecule has 5 heteroatoms. The minimum absolute atomic E-state index is 0.924. The molecule has 5 rings (SSSR count). The second-order valence-corrected chi connectivity index (χ2v) is 6.95. The zero-order chi connectivity index (χ0) is 13.8. The van der Waals surface area contributed by atoms with Gasteiger partial charge in [0, 0.05) is 9.79 Å². The molecule has 0 radical (unpaired) electrons. The van der Waals surface area contributed by atoms with Crippen LogP contribution in [-0.2, 0) is 0 Å². The highest BCUT2D eigenvalue weighted by Crippen LogP contribution is 2.44. The molecule has 100 valence electrons. The normalized spacial score (nSPS) is 14.1. The molecule has 0 spiro atoms. The molecular formula is C16H9N3S2. The Morgan fingerprint density at radius 3 is 1.67 bits per heavy atom. The number of nitrogens with one attached hydrogen (secondary N) is 1. The van der Waals surface area contributed by atoms with Gasteiger partial charge in [0.1, 0.15) is 11.0 Å². The highest BCUT2D eigenvalue weighted by molar-refractivity contribution is 8.02. The predicted octanol–water partition coefficient (Wildman–Crippen LogP) is 3.85. The largest absolute Gasteiger partial charge is 0.323 e. The Labute approximate surface area is 129 Å². The summed E-state index contributed by atoms with van der Waals surface area (Å²) >= 11 is 3.55. The number of nitrogens with zero attached hydrogens (tertiary/aromatic N) is 2. The molecule has 0 amide bonds. The van der Waals surface area contributed by atoms with Crippen LogP contribution >= 0.6 is 23.5 Å². The molecular weight excluding hydrogens is 298 g/mol. The fourth-order valence-electron chi connectivity index (χ4n) is 2.52. The molecule has 0 saturated heterocycles. The van der Waals surface area contributed by atoms with E-state index in [-0.39, 0.29) is 0 Å². The zero-order valence-corrected chi connectivity index (χ0v) is 12.5. The molecule has 0 fully saturated rings. The van der Waals surface area contributed by atoms with Crippen LogP contribution in [0.15, 0.2) is 78.1 Å². The summed E-state index contributed by atoms with van der Waals surface area (Å²) in [7, 11) is 0. The number of rotatable bonds is 0. The van der Waals surface area contributed by atoms with Gasteiger partial charge in [-0.05, 0) is 24.3 Å². The van der Waals surface area contributed by atoms with Gasteiger partial charge in [-0.1, -0.05) is 47.8 Å². The standard InChI is InChI=1S/C16H9N3S2/c1-3-7-11-9(5-1)17-15-13(20-11)14-16(19-15)18-10-6-2-4-8-12(10)21-14/h1-8H,(H,17,18,19). The van der Waals surface area contributed by atoms with E-state index in [0.717, 1.165) is 22.4 Å². The van der Waals surface area contributed by atoms with Gasteiger partial charge in [-0.3, -0.25) is 0 Å². The van der Waals surface area contributed by atoms with Crippen LogP contribution in [0.1, 0.15) is 0 Å². The number of aromatic nitrogens is 1. The summed E-state index contributed by atoms with van der Waals surface area (Å²) in [5.74, 6) is 0. The Kier molecular flexibility index (Phi) is 2.36. The van der Waals surface area contributed by atoms with E-state index >= 15 is 0 Å². The highest BCUT2D eigenvalue weighted by Gasteiger charge is 2.22. The third kappa shape index (κ3) is 1.71. The number of hydrogen-bond acceptors (Lipinski definition) is 4. The van der Waals surface area contributed by atoms with Crippen LogP contribution in [0.3, 0.4) is 0 Å². The van der Waals surface area contributed by atoms with Gasteiger partial charge in [-0.15, -0.1) is 0 Å². The summed E-state index contributed by atoms with van der Waals surface area (Å²) in [5, 5.41) is 0. The lowest BCUT2D eigenvalue weighted by Crippen LogP contribution is -2.12. The van der Waals surface area contributed by atoms with Crippen molar-refractivity contribution >= 4 is 34.9 Å². The van der Waals surface area contributed by atoms with Crippen LogP contribution in [0.25, 0.3) is 0 Å². The molecule has 2 aromatic carbocycles. The number of hydrogen-bond donors (Lipinski definition) is 1. The van der Waals surface area contributed by atoms with Crippen molar-refractivity contribution in [3.05, 3.63) is 59.5 Å². The number of H-pyrrole nitrogens is 1. The topological polar surface area (TPSA) is 40.5 Å². The van der Waals surface area contributed by atoms with Gasteiger partial charge in [-0.25, -0.2) is 9.98 Å². The number of aromatic amines is 1. The predicted molar refractivity (Wildman–Crippen MR) is 83.6 cm³/mol. The monoisotopic (exact) mass is 307 g/mol. The van der Waals surface area contributed by atoms with E-state index in [1.807, 2.05) is 24.3 Å². The first-order chi connectivity index (χ1) is 10.4. The van der Waals surface area contributed by atoms with E-state index in [9.17, 15) is 0 Å². The average Bonchev–Trinajstić information content (AvgIpc) is 2.87. The Balaban J connectivity index is 1.79. The molecule has 3 heterocycles.